The van der Waals surface area contributed by atoms with Crippen molar-refractivity contribution < 1.29 is 14.3 Å². The number of anilines is 1. The average molecular weight is 508 g/mol. The van der Waals surface area contributed by atoms with Gasteiger partial charge in [0.15, 0.2) is 5.17 Å². The summed E-state index contributed by atoms with van der Waals surface area (Å²) < 4.78 is 5.58. The number of carbonyl (C=O) groups excluding carboxylic acids is 2. The van der Waals surface area contributed by atoms with Crippen LogP contribution in [0.15, 0.2) is 83.9 Å². The molecule has 8 heteroatoms. The van der Waals surface area contributed by atoms with E-state index in [9.17, 15) is 9.59 Å². The molecular formula is C27H26ClN3O3S. The molecule has 0 radical (unpaired) electrons. The van der Waals surface area contributed by atoms with Crippen molar-refractivity contribution in [2.75, 3.05) is 11.9 Å². The summed E-state index contributed by atoms with van der Waals surface area (Å²) in [6.07, 6.45) is 0.971. The van der Waals surface area contributed by atoms with Crippen LogP contribution in [0, 0.1) is 0 Å². The van der Waals surface area contributed by atoms with Crippen molar-refractivity contribution >= 4 is 51.7 Å². The number of thioether (sulfide) groups is 1. The number of nitrogens with one attached hydrogen (secondary N) is 1. The maximum absolute atomic E-state index is 13.3. The molecule has 6 nitrogen and oxygen atoms in total. The van der Waals surface area contributed by atoms with Gasteiger partial charge in [-0.15, -0.1) is 0 Å². The highest BCUT2D eigenvalue weighted by molar-refractivity contribution is 8.15. The smallest absolute Gasteiger partial charge is 0.242 e. The van der Waals surface area contributed by atoms with Crippen molar-refractivity contribution in [3.05, 3.63) is 89.4 Å². The molecular weight excluding hydrogens is 482 g/mol. The van der Waals surface area contributed by atoms with Gasteiger partial charge in [0.25, 0.3) is 0 Å². The zero-order valence-electron chi connectivity index (χ0n) is 19.3. The first-order chi connectivity index (χ1) is 17.0. The zero-order valence-corrected chi connectivity index (χ0v) is 20.9. The Hall–Kier alpha value is -3.29. The molecule has 0 aliphatic carbocycles. The SMILES string of the molecule is CCCOc1ccc(NC(=O)C[C@H]2SC(=Nc3ccc(Cl)cc3)N(Cc3ccccc3)C2=O)cc1. The molecule has 1 aliphatic heterocycles. The molecule has 3 aromatic carbocycles. The van der Waals surface area contributed by atoms with E-state index in [0.29, 0.717) is 34.7 Å². The molecule has 3 aromatic rings. The van der Waals surface area contributed by atoms with Gasteiger partial charge in [0.1, 0.15) is 11.0 Å². The van der Waals surface area contributed by atoms with Crippen LogP contribution in [-0.2, 0) is 16.1 Å². The molecule has 35 heavy (non-hydrogen) atoms. The summed E-state index contributed by atoms with van der Waals surface area (Å²) >= 11 is 7.30. The Labute approximate surface area is 214 Å². The molecule has 2 amide bonds. The van der Waals surface area contributed by atoms with Crippen molar-refractivity contribution in [2.45, 2.75) is 31.6 Å². The first-order valence-corrected chi connectivity index (χ1v) is 12.7. The minimum atomic E-state index is -0.558. The second-order valence-corrected chi connectivity index (χ2v) is 9.62. The molecule has 1 heterocycles. The molecule has 0 unspecified atom stereocenters. The number of carbonyl (C=O) groups is 2. The number of aliphatic imine (C=N–C) groups is 1. The lowest BCUT2D eigenvalue weighted by atomic mass is 10.2. The van der Waals surface area contributed by atoms with Crippen LogP contribution < -0.4 is 10.1 Å². The predicted molar refractivity (Wildman–Crippen MR) is 142 cm³/mol. The Bertz CT molecular complexity index is 1180. The van der Waals surface area contributed by atoms with Crippen molar-refractivity contribution in [2.24, 2.45) is 4.99 Å². The van der Waals surface area contributed by atoms with Crippen LogP contribution in [0.5, 0.6) is 5.75 Å². The molecule has 1 aliphatic rings. The van der Waals surface area contributed by atoms with Crippen LogP contribution >= 0.6 is 23.4 Å². The summed E-state index contributed by atoms with van der Waals surface area (Å²) in [6.45, 7) is 3.08. The second kappa shape index (κ2) is 11.9. The molecule has 180 valence electrons. The number of hydrogen-bond donors (Lipinski definition) is 1. The first-order valence-electron chi connectivity index (χ1n) is 11.4. The van der Waals surface area contributed by atoms with Gasteiger partial charge in [-0.2, -0.15) is 0 Å². The maximum atomic E-state index is 13.3. The minimum Gasteiger partial charge on any atom is -0.494 e. The third-order valence-corrected chi connectivity index (χ3v) is 6.66. The molecule has 0 spiro atoms. The third kappa shape index (κ3) is 6.87. The molecule has 4 rings (SSSR count). The van der Waals surface area contributed by atoms with Crippen LogP contribution in [0.25, 0.3) is 0 Å². The topological polar surface area (TPSA) is 71.0 Å². The fraction of sp³-hybridized carbons (Fsp3) is 0.222. The Balaban J connectivity index is 1.46. The summed E-state index contributed by atoms with van der Waals surface area (Å²) in [5.41, 5.74) is 2.34. The second-order valence-electron chi connectivity index (χ2n) is 8.01. The summed E-state index contributed by atoms with van der Waals surface area (Å²) in [7, 11) is 0. The van der Waals surface area contributed by atoms with E-state index in [1.807, 2.05) is 49.4 Å². The summed E-state index contributed by atoms with van der Waals surface area (Å²) in [5, 5.41) is 3.50. The molecule has 0 bridgehead atoms. The Morgan fingerprint density at radius 3 is 2.46 bits per heavy atom. The quantitative estimate of drug-likeness (QED) is 0.369. The normalized spacial score (nSPS) is 16.5. The summed E-state index contributed by atoms with van der Waals surface area (Å²) in [6, 6.07) is 24.1. The van der Waals surface area contributed by atoms with Gasteiger partial charge in [0.2, 0.25) is 11.8 Å². The third-order valence-electron chi connectivity index (χ3n) is 5.24. The molecule has 1 N–H and O–H groups in total. The fourth-order valence-electron chi connectivity index (χ4n) is 3.50. The van der Waals surface area contributed by atoms with E-state index in [-0.39, 0.29) is 18.2 Å². The molecule has 1 fully saturated rings. The highest BCUT2D eigenvalue weighted by atomic mass is 35.5. The van der Waals surface area contributed by atoms with E-state index < -0.39 is 5.25 Å². The number of hydrogen-bond acceptors (Lipinski definition) is 5. The van der Waals surface area contributed by atoms with Crippen LogP contribution in [0.3, 0.4) is 0 Å². The van der Waals surface area contributed by atoms with E-state index >= 15 is 0 Å². The lowest BCUT2D eigenvalue weighted by Crippen LogP contribution is -2.33. The molecule has 1 atom stereocenters. The number of amides is 2. The van der Waals surface area contributed by atoms with Gasteiger partial charge in [0, 0.05) is 17.1 Å². The number of nitrogens with zero attached hydrogens (tertiary/aromatic N) is 2. The first kappa shape index (κ1) is 24.8. The van der Waals surface area contributed by atoms with Gasteiger partial charge in [-0.25, -0.2) is 4.99 Å². The van der Waals surface area contributed by atoms with E-state index in [1.165, 1.54) is 11.8 Å². The lowest BCUT2D eigenvalue weighted by Gasteiger charge is -2.16. The van der Waals surface area contributed by atoms with E-state index in [2.05, 4.69) is 10.3 Å². The fourth-order valence-corrected chi connectivity index (χ4v) is 4.78. The van der Waals surface area contributed by atoms with Crippen LogP contribution in [0.2, 0.25) is 5.02 Å². The predicted octanol–water partition coefficient (Wildman–Crippen LogP) is 6.29. The number of amidine groups is 1. The largest absolute Gasteiger partial charge is 0.494 e. The average Bonchev–Trinajstić information content (AvgIpc) is 3.14. The van der Waals surface area contributed by atoms with Gasteiger partial charge in [0.05, 0.1) is 18.8 Å². The van der Waals surface area contributed by atoms with Gasteiger partial charge in [-0.1, -0.05) is 60.6 Å². The van der Waals surface area contributed by atoms with Crippen molar-refractivity contribution in [3.8, 4) is 5.75 Å². The van der Waals surface area contributed by atoms with E-state index in [4.69, 9.17) is 16.3 Å². The molecule has 1 saturated heterocycles. The van der Waals surface area contributed by atoms with Gasteiger partial charge in [-0.3, -0.25) is 14.5 Å². The van der Waals surface area contributed by atoms with Crippen molar-refractivity contribution in [3.63, 3.8) is 0 Å². The van der Waals surface area contributed by atoms with Gasteiger partial charge < -0.3 is 10.1 Å². The zero-order chi connectivity index (χ0) is 24.6. The van der Waals surface area contributed by atoms with Crippen LogP contribution in [0.4, 0.5) is 11.4 Å². The van der Waals surface area contributed by atoms with Crippen molar-refractivity contribution in [1.29, 1.82) is 0 Å². The van der Waals surface area contributed by atoms with Crippen LogP contribution in [-0.4, -0.2) is 33.7 Å². The van der Waals surface area contributed by atoms with Gasteiger partial charge in [-0.05, 0) is 60.5 Å². The number of rotatable bonds is 9. The Morgan fingerprint density at radius 2 is 1.77 bits per heavy atom. The number of benzene rings is 3. The Kier molecular flexibility index (Phi) is 8.45. The van der Waals surface area contributed by atoms with E-state index in [0.717, 1.165) is 17.7 Å². The lowest BCUT2D eigenvalue weighted by molar-refractivity contribution is -0.128. The van der Waals surface area contributed by atoms with Crippen LogP contribution in [0.1, 0.15) is 25.3 Å². The van der Waals surface area contributed by atoms with Crippen molar-refractivity contribution in [1.82, 2.24) is 4.90 Å². The highest BCUT2D eigenvalue weighted by Gasteiger charge is 2.39. The maximum Gasteiger partial charge on any atom is 0.242 e. The molecule has 0 saturated carbocycles. The van der Waals surface area contributed by atoms with Gasteiger partial charge >= 0.3 is 0 Å². The highest BCUT2D eigenvalue weighted by Crippen LogP contribution is 2.33. The minimum absolute atomic E-state index is 0.0442. The summed E-state index contributed by atoms with van der Waals surface area (Å²) in [5.74, 6) is 0.390. The Morgan fingerprint density at radius 1 is 1.06 bits per heavy atom. The van der Waals surface area contributed by atoms with E-state index in [1.54, 1.807) is 41.3 Å². The number of halogens is 1. The monoisotopic (exact) mass is 507 g/mol. The number of ether oxygens (including phenoxy) is 1. The standard InChI is InChI=1S/C27H26ClN3O3S/c1-2-16-34-23-14-12-21(13-15-23)29-25(32)17-24-26(33)31(18-19-6-4-3-5-7-19)27(35-24)30-22-10-8-20(28)9-11-22/h3-15,24H,2,16-18H2,1H3,(H,29,32)/t24-/m1/s1. The molecule has 0 aromatic heterocycles. The summed E-state index contributed by atoms with van der Waals surface area (Å²) in [4.78, 5) is 32.4.